The van der Waals surface area contributed by atoms with Gasteiger partial charge in [-0.2, -0.15) is 0 Å². The summed E-state index contributed by atoms with van der Waals surface area (Å²) in [6.07, 6.45) is 12.5. The highest BCUT2D eigenvalue weighted by Gasteiger charge is 1.91. The Morgan fingerprint density at radius 2 is 1.31 bits per heavy atom. The Balaban J connectivity index is 3.79. The van der Waals surface area contributed by atoms with Crippen LogP contribution in [-0.2, 0) is 0 Å². The smallest absolute Gasteiger partial charge is 0.0288 e. The maximum atomic E-state index is 3.83. The van der Waals surface area contributed by atoms with Gasteiger partial charge in [0.15, 0.2) is 0 Å². The second-order valence-corrected chi connectivity index (χ2v) is 4.75. The van der Waals surface area contributed by atoms with E-state index in [1.165, 1.54) is 42.4 Å². The van der Waals surface area contributed by atoms with Crippen molar-refractivity contribution in [1.29, 1.82) is 0 Å². The highest BCUT2D eigenvalue weighted by atomic mass is 14.0. The molecule has 0 aliphatic heterocycles. The van der Waals surface area contributed by atoms with Crippen LogP contribution in [0.3, 0.4) is 0 Å². The normalized spacial score (nSPS) is 12.8. The highest BCUT2D eigenvalue weighted by Crippen LogP contribution is 2.11. The lowest BCUT2D eigenvalue weighted by Gasteiger charge is -2.00. The van der Waals surface area contributed by atoms with Crippen molar-refractivity contribution in [3.05, 3.63) is 41.9 Å². The first-order valence-corrected chi connectivity index (χ1v) is 6.30. The molecule has 0 saturated carbocycles. The first-order chi connectivity index (χ1) is 7.56. The average molecular weight is 219 g/mol. The topological polar surface area (TPSA) is 0 Å². The standard InChI is InChI=1S/C16H27/c1-6-9-15(4)12-8-13-16(5)11-7-10-14(2)3/h9-10,13H,1,6-8,11-12H2,2-5H3. The molecule has 0 heteroatoms. The van der Waals surface area contributed by atoms with Gasteiger partial charge in [-0.1, -0.05) is 34.9 Å². The summed E-state index contributed by atoms with van der Waals surface area (Å²) in [6, 6.07) is 0. The van der Waals surface area contributed by atoms with Crippen molar-refractivity contribution in [3.63, 3.8) is 0 Å². The zero-order valence-corrected chi connectivity index (χ0v) is 11.5. The molecule has 0 bridgehead atoms. The largest absolute Gasteiger partial charge is 0.0856 e. The van der Waals surface area contributed by atoms with Crippen LogP contribution in [-0.4, -0.2) is 0 Å². The van der Waals surface area contributed by atoms with Gasteiger partial charge in [0.2, 0.25) is 0 Å². The molecule has 0 aromatic heterocycles. The fourth-order valence-corrected chi connectivity index (χ4v) is 1.59. The van der Waals surface area contributed by atoms with Gasteiger partial charge < -0.3 is 0 Å². The second-order valence-electron chi connectivity index (χ2n) is 4.75. The average Bonchev–Trinajstić information content (AvgIpc) is 2.17. The van der Waals surface area contributed by atoms with Crippen molar-refractivity contribution in [3.8, 4) is 0 Å². The van der Waals surface area contributed by atoms with Gasteiger partial charge in [0.1, 0.15) is 0 Å². The molecule has 0 aromatic rings. The van der Waals surface area contributed by atoms with Crippen LogP contribution in [0.2, 0.25) is 0 Å². The molecule has 1 radical (unpaired) electrons. The predicted octanol–water partition coefficient (Wildman–Crippen LogP) is 5.63. The summed E-state index contributed by atoms with van der Waals surface area (Å²) in [5.74, 6) is 0. The van der Waals surface area contributed by atoms with Crippen molar-refractivity contribution in [2.24, 2.45) is 0 Å². The molecule has 0 aliphatic carbocycles. The highest BCUT2D eigenvalue weighted by molar-refractivity contribution is 5.05. The van der Waals surface area contributed by atoms with E-state index in [1.54, 1.807) is 0 Å². The Morgan fingerprint density at radius 3 is 1.81 bits per heavy atom. The van der Waals surface area contributed by atoms with Gasteiger partial charge >= 0.3 is 0 Å². The van der Waals surface area contributed by atoms with Gasteiger partial charge in [0.05, 0.1) is 0 Å². The Hall–Kier alpha value is -0.780. The maximum Gasteiger partial charge on any atom is -0.0288 e. The molecule has 91 valence electrons. The Morgan fingerprint density at radius 1 is 0.812 bits per heavy atom. The molecule has 0 amide bonds. The summed E-state index contributed by atoms with van der Waals surface area (Å²) in [4.78, 5) is 0. The summed E-state index contributed by atoms with van der Waals surface area (Å²) in [7, 11) is 0. The van der Waals surface area contributed by atoms with Crippen LogP contribution in [0, 0.1) is 6.92 Å². The summed E-state index contributed by atoms with van der Waals surface area (Å²) in [5.41, 5.74) is 4.39. The van der Waals surface area contributed by atoms with Crippen LogP contribution in [0.4, 0.5) is 0 Å². The summed E-state index contributed by atoms with van der Waals surface area (Å²) in [5, 5.41) is 0. The van der Waals surface area contributed by atoms with E-state index in [2.05, 4.69) is 52.8 Å². The van der Waals surface area contributed by atoms with Crippen molar-refractivity contribution < 1.29 is 0 Å². The van der Waals surface area contributed by atoms with Gasteiger partial charge in [-0.3, -0.25) is 0 Å². The number of rotatable bonds is 7. The first-order valence-electron chi connectivity index (χ1n) is 6.30. The van der Waals surface area contributed by atoms with Crippen LogP contribution in [0.15, 0.2) is 34.9 Å². The minimum Gasteiger partial charge on any atom is -0.0856 e. The maximum absolute atomic E-state index is 3.83. The Labute approximate surface area is 102 Å². The van der Waals surface area contributed by atoms with Crippen molar-refractivity contribution in [1.82, 2.24) is 0 Å². The van der Waals surface area contributed by atoms with Gasteiger partial charge in [0, 0.05) is 0 Å². The zero-order chi connectivity index (χ0) is 12.4. The van der Waals surface area contributed by atoms with Crippen molar-refractivity contribution in [2.45, 2.75) is 59.8 Å². The molecule has 0 saturated heterocycles. The lowest BCUT2D eigenvalue weighted by Crippen LogP contribution is -1.80. The third-order valence-electron chi connectivity index (χ3n) is 2.62. The quantitative estimate of drug-likeness (QED) is 0.487. The Kier molecular flexibility index (Phi) is 8.99. The fraction of sp³-hybridized carbons (Fsp3) is 0.562. The SMILES string of the molecule is [CH2]CC=C(C)CCC=C(C)CCC=C(C)C. The van der Waals surface area contributed by atoms with E-state index >= 15 is 0 Å². The van der Waals surface area contributed by atoms with E-state index in [4.69, 9.17) is 0 Å². The molecule has 0 rings (SSSR count). The second kappa shape index (κ2) is 9.45. The van der Waals surface area contributed by atoms with E-state index in [-0.39, 0.29) is 0 Å². The molecule has 0 N–H and O–H groups in total. The third kappa shape index (κ3) is 9.76. The van der Waals surface area contributed by atoms with Gasteiger partial charge in [0.25, 0.3) is 0 Å². The van der Waals surface area contributed by atoms with Gasteiger partial charge in [-0.15, -0.1) is 0 Å². The molecular formula is C16H27. The summed E-state index contributed by atoms with van der Waals surface area (Å²) < 4.78 is 0. The van der Waals surface area contributed by atoms with Gasteiger partial charge in [-0.25, -0.2) is 0 Å². The van der Waals surface area contributed by atoms with E-state index in [0.29, 0.717) is 0 Å². The summed E-state index contributed by atoms with van der Waals surface area (Å²) in [6.45, 7) is 12.6. The molecule has 16 heavy (non-hydrogen) atoms. The first kappa shape index (κ1) is 15.2. The van der Waals surface area contributed by atoms with Crippen LogP contribution in [0.5, 0.6) is 0 Å². The van der Waals surface area contributed by atoms with E-state index in [9.17, 15) is 0 Å². The Bertz CT molecular complexity index is 260. The number of hydrogen-bond acceptors (Lipinski definition) is 0. The molecule has 0 unspecified atom stereocenters. The minimum absolute atomic E-state index is 0.912. The van der Waals surface area contributed by atoms with E-state index < -0.39 is 0 Å². The molecule has 0 atom stereocenters. The monoisotopic (exact) mass is 219 g/mol. The number of allylic oxidation sites excluding steroid dienone is 6. The fourth-order valence-electron chi connectivity index (χ4n) is 1.59. The third-order valence-corrected chi connectivity index (χ3v) is 2.62. The minimum atomic E-state index is 0.912. The van der Waals surface area contributed by atoms with Crippen molar-refractivity contribution >= 4 is 0 Å². The van der Waals surface area contributed by atoms with Gasteiger partial charge in [-0.05, 0) is 66.7 Å². The molecule has 0 nitrogen and oxygen atoms in total. The lowest BCUT2D eigenvalue weighted by atomic mass is 10.1. The summed E-state index contributed by atoms with van der Waals surface area (Å²) >= 11 is 0. The number of hydrogen-bond donors (Lipinski definition) is 0. The van der Waals surface area contributed by atoms with Crippen molar-refractivity contribution in [2.75, 3.05) is 0 Å². The van der Waals surface area contributed by atoms with E-state index in [1.807, 2.05) is 0 Å². The molecule has 0 aliphatic rings. The van der Waals surface area contributed by atoms with Crippen LogP contribution in [0.25, 0.3) is 0 Å². The van der Waals surface area contributed by atoms with Crippen LogP contribution >= 0.6 is 0 Å². The molecule has 0 spiro atoms. The molecule has 0 aromatic carbocycles. The molecular weight excluding hydrogens is 192 g/mol. The van der Waals surface area contributed by atoms with Crippen LogP contribution < -0.4 is 0 Å². The van der Waals surface area contributed by atoms with Crippen LogP contribution in [0.1, 0.15) is 59.8 Å². The predicted molar refractivity (Wildman–Crippen MR) is 75.4 cm³/mol. The zero-order valence-electron chi connectivity index (χ0n) is 11.5. The molecule has 0 heterocycles. The van der Waals surface area contributed by atoms with E-state index in [0.717, 1.165) is 6.42 Å². The lowest BCUT2D eigenvalue weighted by molar-refractivity contribution is 0.915. The molecule has 0 fully saturated rings.